The largest absolute Gasteiger partial charge is 0.377 e. The van der Waals surface area contributed by atoms with Gasteiger partial charge in [0.2, 0.25) is 5.01 Å². The van der Waals surface area contributed by atoms with E-state index in [4.69, 9.17) is 14.2 Å². The Balaban J connectivity index is 1.39. The maximum absolute atomic E-state index is 12.9. The Kier molecular flexibility index (Phi) is 5.86. The quantitative estimate of drug-likeness (QED) is 0.791. The first-order chi connectivity index (χ1) is 14.1. The second-order valence-corrected chi connectivity index (χ2v) is 7.93. The first-order valence-electron chi connectivity index (χ1n) is 9.38. The van der Waals surface area contributed by atoms with Gasteiger partial charge in [0.05, 0.1) is 19.8 Å². The van der Waals surface area contributed by atoms with Crippen LogP contribution in [0.1, 0.15) is 38.0 Å². The fourth-order valence-corrected chi connectivity index (χ4v) is 4.17. The van der Waals surface area contributed by atoms with E-state index < -0.39 is 5.79 Å². The molecular formula is C19H22N4O5S. The number of anilines is 1. The number of rotatable bonds is 5. The van der Waals surface area contributed by atoms with E-state index in [-0.39, 0.29) is 16.8 Å². The van der Waals surface area contributed by atoms with Gasteiger partial charge in [0.1, 0.15) is 5.01 Å². The monoisotopic (exact) mass is 418 g/mol. The Morgan fingerprint density at radius 3 is 2.72 bits per heavy atom. The molecule has 0 bridgehead atoms. The van der Waals surface area contributed by atoms with Gasteiger partial charge in [-0.1, -0.05) is 17.4 Å². The van der Waals surface area contributed by atoms with Gasteiger partial charge in [-0.2, -0.15) is 0 Å². The van der Waals surface area contributed by atoms with Crippen LogP contribution >= 0.6 is 11.3 Å². The summed E-state index contributed by atoms with van der Waals surface area (Å²) in [6.45, 7) is 2.67. The van der Waals surface area contributed by atoms with Crippen LogP contribution < -0.4 is 5.32 Å². The molecule has 9 nitrogen and oxygen atoms in total. The molecule has 2 fully saturated rings. The number of benzene rings is 1. The fourth-order valence-electron chi connectivity index (χ4n) is 3.46. The van der Waals surface area contributed by atoms with Crippen molar-refractivity contribution in [2.24, 2.45) is 0 Å². The highest BCUT2D eigenvalue weighted by Gasteiger charge is 2.40. The van der Waals surface area contributed by atoms with Crippen LogP contribution in [0.4, 0.5) is 5.69 Å². The van der Waals surface area contributed by atoms with Gasteiger partial charge in [0.15, 0.2) is 5.79 Å². The first-order valence-corrected chi connectivity index (χ1v) is 10.2. The fraction of sp³-hybridized carbons (Fsp3) is 0.474. The number of aromatic nitrogens is 2. The number of ether oxygens (including phenoxy) is 3. The Labute approximate surface area is 172 Å². The van der Waals surface area contributed by atoms with E-state index in [1.807, 2.05) is 0 Å². The van der Waals surface area contributed by atoms with Gasteiger partial charge < -0.3 is 24.4 Å². The van der Waals surface area contributed by atoms with Gasteiger partial charge in [-0.25, -0.2) is 0 Å². The van der Waals surface area contributed by atoms with Crippen molar-refractivity contribution in [3.8, 4) is 0 Å². The minimum atomic E-state index is -0.518. The zero-order valence-electron chi connectivity index (χ0n) is 16.1. The summed E-state index contributed by atoms with van der Waals surface area (Å²) >= 11 is 1.17. The zero-order chi connectivity index (χ0) is 20.3. The summed E-state index contributed by atoms with van der Waals surface area (Å²) in [5.74, 6) is -0.965. The molecule has 2 aromatic rings. The molecule has 1 aromatic carbocycles. The summed E-state index contributed by atoms with van der Waals surface area (Å²) in [5.41, 5.74) is 1.05. The van der Waals surface area contributed by atoms with Gasteiger partial charge >= 0.3 is 0 Å². The molecule has 0 unspecified atom stereocenters. The lowest BCUT2D eigenvalue weighted by Crippen LogP contribution is -2.47. The molecule has 0 atom stereocenters. The molecule has 10 heteroatoms. The summed E-state index contributed by atoms with van der Waals surface area (Å²) in [4.78, 5) is 27.1. The van der Waals surface area contributed by atoms with E-state index in [9.17, 15) is 9.59 Å². The number of carbonyl (C=O) groups excluding carboxylic acids is 2. The molecule has 2 aliphatic rings. The number of methoxy groups -OCH3 is 1. The SMILES string of the molecule is COCc1nnc(C(=O)Nc2cccc(C(=O)N3CCC4(CC3)OCCO4)c2)s1. The molecule has 1 N–H and O–H groups in total. The van der Waals surface area contributed by atoms with Crippen LogP contribution in [-0.4, -0.2) is 66.1 Å². The number of nitrogens with one attached hydrogen (secondary N) is 1. The predicted octanol–water partition coefficient (Wildman–Crippen LogP) is 1.92. The van der Waals surface area contributed by atoms with Gasteiger partial charge in [0.25, 0.3) is 11.8 Å². The normalized spacial score (nSPS) is 18.2. The predicted molar refractivity (Wildman–Crippen MR) is 105 cm³/mol. The number of hydrogen-bond acceptors (Lipinski definition) is 8. The van der Waals surface area contributed by atoms with Gasteiger partial charge in [-0.3, -0.25) is 9.59 Å². The molecule has 3 heterocycles. The summed E-state index contributed by atoms with van der Waals surface area (Å²) < 4.78 is 16.4. The van der Waals surface area contributed by atoms with E-state index in [0.717, 1.165) is 0 Å². The third-order valence-electron chi connectivity index (χ3n) is 4.92. The Morgan fingerprint density at radius 1 is 1.24 bits per heavy atom. The van der Waals surface area contributed by atoms with Crippen LogP contribution in [0.15, 0.2) is 24.3 Å². The van der Waals surface area contributed by atoms with Crippen molar-refractivity contribution in [2.75, 3.05) is 38.7 Å². The summed E-state index contributed by atoms with van der Waals surface area (Å²) in [6.07, 6.45) is 1.33. The number of piperidine rings is 1. The third-order valence-corrected chi connectivity index (χ3v) is 5.82. The minimum absolute atomic E-state index is 0.0766. The minimum Gasteiger partial charge on any atom is -0.377 e. The van der Waals surface area contributed by atoms with Gasteiger partial charge in [-0.15, -0.1) is 10.2 Å². The van der Waals surface area contributed by atoms with E-state index in [0.29, 0.717) is 62.0 Å². The van der Waals surface area contributed by atoms with E-state index in [1.54, 1.807) is 36.3 Å². The summed E-state index contributed by atoms with van der Waals surface area (Å²) in [7, 11) is 1.56. The van der Waals surface area contributed by atoms with Crippen molar-refractivity contribution in [3.63, 3.8) is 0 Å². The van der Waals surface area contributed by atoms with Crippen LogP contribution in [0, 0.1) is 0 Å². The molecule has 2 amide bonds. The lowest BCUT2D eigenvalue weighted by molar-refractivity contribution is -0.181. The Hall–Kier alpha value is -2.40. The lowest BCUT2D eigenvalue weighted by atomic mass is 10.0. The molecule has 2 saturated heterocycles. The summed E-state index contributed by atoms with van der Waals surface area (Å²) in [5, 5.41) is 11.4. The average molecular weight is 418 g/mol. The molecule has 0 aliphatic carbocycles. The standard InChI is InChI=1S/C19H22N4O5S/c1-26-12-15-21-22-17(29-15)16(24)20-14-4-2-3-13(11-14)18(25)23-7-5-19(6-8-23)27-9-10-28-19/h2-4,11H,5-10,12H2,1H3,(H,20,24). The molecule has 1 spiro atoms. The van der Waals surface area contributed by atoms with Crippen molar-refractivity contribution in [1.82, 2.24) is 15.1 Å². The van der Waals surface area contributed by atoms with Crippen molar-refractivity contribution in [1.29, 1.82) is 0 Å². The molecule has 0 radical (unpaired) electrons. The molecule has 0 saturated carbocycles. The smallest absolute Gasteiger partial charge is 0.286 e. The second kappa shape index (κ2) is 8.54. The summed E-state index contributed by atoms with van der Waals surface area (Å²) in [6, 6.07) is 6.89. The average Bonchev–Trinajstić information content (AvgIpc) is 3.39. The topological polar surface area (TPSA) is 103 Å². The lowest BCUT2D eigenvalue weighted by Gasteiger charge is -2.37. The first kappa shape index (κ1) is 19.9. The Morgan fingerprint density at radius 2 is 2.00 bits per heavy atom. The maximum atomic E-state index is 12.9. The van der Waals surface area contributed by atoms with E-state index in [1.165, 1.54) is 11.3 Å². The van der Waals surface area contributed by atoms with E-state index >= 15 is 0 Å². The number of likely N-dealkylation sites (tertiary alicyclic amines) is 1. The molecule has 2 aliphatic heterocycles. The van der Waals surface area contributed by atoms with Crippen LogP contribution in [0.25, 0.3) is 0 Å². The highest BCUT2D eigenvalue weighted by molar-refractivity contribution is 7.13. The Bertz CT molecular complexity index is 886. The number of nitrogens with zero attached hydrogens (tertiary/aromatic N) is 3. The van der Waals surface area contributed by atoms with Crippen molar-refractivity contribution in [2.45, 2.75) is 25.2 Å². The van der Waals surface area contributed by atoms with Gasteiger partial charge in [0, 0.05) is 44.3 Å². The third kappa shape index (κ3) is 4.45. The van der Waals surface area contributed by atoms with Crippen molar-refractivity contribution < 1.29 is 23.8 Å². The van der Waals surface area contributed by atoms with Gasteiger partial charge in [-0.05, 0) is 18.2 Å². The molecular weight excluding hydrogens is 396 g/mol. The molecule has 154 valence electrons. The number of hydrogen-bond donors (Lipinski definition) is 1. The highest BCUT2D eigenvalue weighted by atomic mass is 32.1. The van der Waals surface area contributed by atoms with Crippen LogP contribution in [0.3, 0.4) is 0 Å². The van der Waals surface area contributed by atoms with Crippen LogP contribution in [0.5, 0.6) is 0 Å². The highest BCUT2D eigenvalue weighted by Crippen LogP contribution is 2.31. The van der Waals surface area contributed by atoms with Crippen LogP contribution in [0.2, 0.25) is 0 Å². The molecule has 4 rings (SSSR count). The number of carbonyl (C=O) groups is 2. The van der Waals surface area contributed by atoms with E-state index in [2.05, 4.69) is 15.5 Å². The molecule has 29 heavy (non-hydrogen) atoms. The van der Waals surface area contributed by atoms with Crippen molar-refractivity contribution >= 4 is 28.8 Å². The zero-order valence-corrected chi connectivity index (χ0v) is 16.9. The van der Waals surface area contributed by atoms with Crippen molar-refractivity contribution in [3.05, 3.63) is 39.8 Å². The molecule has 1 aromatic heterocycles. The van der Waals surface area contributed by atoms with Crippen LogP contribution in [-0.2, 0) is 20.8 Å². The maximum Gasteiger partial charge on any atom is 0.286 e. The number of amides is 2. The second-order valence-electron chi connectivity index (χ2n) is 6.87.